The fourth-order valence-corrected chi connectivity index (χ4v) is 5.20. The lowest BCUT2D eigenvalue weighted by Crippen LogP contribution is -2.41. The summed E-state index contributed by atoms with van der Waals surface area (Å²) < 4.78 is 0. The van der Waals surface area contributed by atoms with E-state index in [4.69, 9.17) is 0 Å². The van der Waals surface area contributed by atoms with Crippen LogP contribution in [0.25, 0.3) is 0 Å². The van der Waals surface area contributed by atoms with E-state index in [-0.39, 0.29) is 0 Å². The van der Waals surface area contributed by atoms with E-state index in [2.05, 4.69) is 26.1 Å². The SMILES string of the molecule is CCC1CCCC(C2CC(C)(C)CCC2CNC2CC2)C1. The van der Waals surface area contributed by atoms with Gasteiger partial charge in [-0.3, -0.25) is 0 Å². The van der Waals surface area contributed by atoms with Gasteiger partial charge in [0.15, 0.2) is 0 Å². The molecule has 0 heterocycles. The molecule has 0 amide bonds. The summed E-state index contributed by atoms with van der Waals surface area (Å²) in [4.78, 5) is 0. The van der Waals surface area contributed by atoms with E-state index in [1.807, 2.05) is 0 Å². The molecule has 0 aliphatic heterocycles. The molecule has 3 saturated carbocycles. The molecule has 122 valence electrons. The Morgan fingerprint density at radius 1 is 1.05 bits per heavy atom. The standard InChI is InChI=1S/C20H37N/c1-4-15-6-5-7-16(12-15)19-13-20(2,3)11-10-17(19)14-21-18-8-9-18/h15-19,21H,4-14H2,1-3H3. The summed E-state index contributed by atoms with van der Waals surface area (Å²) in [6, 6.07) is 0.885. The molecule has 0 aromatic carbocycles. The highest BCUT2D eigenvalue weighted by molar-refractivity contribution is 4.92. The molecule has 3 aliphatic carbocycles. The minimum Gasteiger partial charge on any atom is -0.314 e. The molecule has 3 rings (SSSR count). The Kier molecular flexibility index (Phi) is 4.98. The van der Waals surface area contributed by atoms with Gasteiger partial charge in [0.1, 0.15) is 0 Å². The Hall–Kier alpha value is -0.0400. The molecule has 0 radical (unpaired) electrons. The van der Waals surface area contributed by atoms with Crippen molar-refractivity contribution in [1.82, 2.24) is 5.32 Å². The van der Waals surface area contributed by atoms with E-state index in [1.165, 1.54) is 70.8 Å². The maximum Gasteiger partial charge on any atom is 0.00683 e. The van der Waals surface area contributed by atoms with Gasteiger partial charge in [0.05, 0.1) is 0 Å². The van der Waals surface area contributed by atoms with Crippen LogP contribution < -0.4 is 5.32 Å². The van der Waals surface area contributed by atoms with Gasteiger partial charge in [0.25, 0.3) is 0 Å². The Labute approximate surface area is 132 Å². The minimum absolute atomic E-state index is 0.597. The van der Waals surface area contributed by atoms with E-state index in [9.17, 15) is 0 Å². The highest BCUT2D eigenvalue weighted by Gasteiger charge is 2.40. The van der Waals surface area contributed by atoms with Crippen LogP contribution in [-0.4, -0.2) is 12.6 Å². The van der Waals surface area contributed by atoms with E-state index in [0.717, 1.165) is 29.7 Å². The van der Waals surface area contributed by atoms with Crippen LogP contribution in [0.2, 0.25) is 0 Å². The van der Waals surface area contributed by atoms with Gasteiger partial charge < -0.3 is 5.32 Å². The van der Waals surface area contributed by atoms with Crippen LogP contribution in [0.4, 0.5) is 0 Å². The first-order valence-corrected chi connectivity index (χ1v) is 9.81. The fourth-order valence-electron chi connectivity index (χ4n) is 5.20. The van der Waals surface area contributed by atoms with Crippen molar-refractivity contribution in [2.24, 2.45) is 29.1 Å². The molecule has 4 atom stereocenters. The Balaban J connectivity index is 1.63. The van der Waals surface area contributed by atoms with Crippen molar-refractivity contribution >= 4 is 0 Å². The Morgan fingerprint density at radius 3 is 2.57 bits per heavy atom. The maximum atomic E-state index is 3.85. The van der Waals surface area contributed by atoms with Gasteiger partial charge in [0, 0.05) is 6.04 Å². The zero-order valence-corrected chi connectivity index (χ0v) is 14.7. The van der Waals surface area contributed by atoms with Crippen molar-refractivity contribution in [2.45, 2.75) is 91.0 Å². The Morgan fingerprint density at radius 2 is 1.86 bits per heavy atom. The second-order valence-electron chi connectivity index (χ2n) is 9.21. The highest BCUT2D eigenvalue weighted by Crippen LogP contribution is 2.49. The normalized spacial score (nSPS) is 40.1. The van der Waals surface area contributed by atoms with Crippen molar-refractivity contribution < 1.29 is 0 Å². The quantitative estimate of drug-likeness (QED) is 0.715. The van der Waals surface area contributed by atoms with Gasteiger partial charge in [-0.15, -0.1) is 0 Å². The minimum atomic E-state index is 0.597. The fraction of sp³-hybridized carbons (Fsp3) is 1.00. The van der Waals surface area contributed by atoms with Gasteiger partial charge in [-0.2, -0.15) is 0 Å². The summed E-state index contributed by atoms with van der Waals surface area (Å²) in [5.41, 5.74) is 0.597. The summed E-state index contributed by atoms with van der Waals surface area (Å²) in [5.74, 6) is 4.05. The summed E-state index contributed by atoms with van der Waals surface area (Å²) in [5, 5.41) is 3.85. The van der Waals surface area contributed by atoms with Crippen molar-refractivity contribution in [1.29, 1.82) is 0 Å². The first-order valence-electron chi connectivity index (χ1n) is 9.81. The second-order valence-corrected chi connectivity index (χ2v) is 9.21. The van der Waals surface area contributed by atoms with Crippen molar-refractivity contribution in [3.05, 3.63) is 0 Å². The zero-order valence-electron chi connectivity index (χ0n) is 14.7. The monoisotopic (exact) mass is 291 g/mol. The van der Waals surface area contributed by atoms with Crippen LogP contribution in [0.15, 0.2) is 0 Å². The number of hydrogen-bond donors (Lipinski definition) is 1. The molecule has 1 nitrogen and oxygen atoms in total. The molecule has 0 spiro atoms. The first kappa shape index (κ1) is 15.8. The van der Waals surface area contributed by atoms with Crippen LogP contribution in [0, 0.1) is 29.1 Å². The molecule has 21 heavy (non-hydrogen) atoms. The van der Waals surface area contributed by atoms with Gasteiger partial charge in [-0.25, -0.2) is 0 Å². The molecule has 0 saturated heterocycles. The van der Waals surface area contributed by atoms with Crippen LogP contribution in [-0.2, 0) is 0 Å². The molecule has 3 aliphatic rings. The second kappa shape index (κ2) is 6.60. The average Bonchev–Trinajstić information content (AvgIpc) is 3.29. The zero-order chi connectivity index (χ0) is 14.9. The predicted molar refractivity (Wildman–Crippen MR) is 91.4 cm³/mol. The van der Waals surface area contributed by atoms with Crippen LogP contribution in [0.3, 0.4) is 0 Å². The third kappa shape index (κ3) is 4.24. The Bertz CT molecular complexity index is 329. The van der Waals surface area contributed by atoms with Crippen LogP contribution in [0.1, 0.15) is 85.0 Å². The predicted octanol–water partition coefficient (Wildman–Crippen LogP) is 5.40. The van der Waals surface area contributed by atoms with Crippen molar-refractivity contribution in [3.63, 3.8) is 0 Å². The van der Waals surface area contributed by atoms with E-state index in [1.54, 1.807) is 0 Å². The lowest BCUT2D eigenvalue weighted by atomic mass is 9.60. The highest BCUT2D eigenvalue weighted by atomic mass is 14.9. The molecular weight excluding hydrogens is 254 g/mol. The molecule has 0 aromatic heterocycles. The van der Waals surface area contributed by atoms with Crippen molar-refractivity contribution in [2.75, 3.05) is 6.54 Å². The lowest BCUT2D eigenvalue weighted by molar-refractivity contribution is 0.0460. The summed E-state index contributed by atoms with van der Waals surface area (Å²) in [6.45, 7) is 8.76. The van der Waals surface area contributed by atoms with Gasteiger partial charge in [-0.1, -0.05) is 46.5 Å². The maximum absolute atomic E-state index is 3.85. The summed E-state index contributed by atoms with van der Waals surface area (Å²) in [7, 11) is 0. The van der Waals surface area contributed by atoms with Gasteiger partial charge >= 0.3 is 0 Å². The van der Waals surface area contributed by atoms with Crippen LogP contribution >= 0.6 is 0 Å². The molecule has 4 unspecified atom stereocenters. The summed E-state index contributed by atoms with van der Waals surface area (Å²) in [6.07, 6.45) is 14.8. The largest absolute Gasteiger partial charge is 0.314 e. The number of hydrogen-bond acceptors (Lipinski definition) is 1. The molecular formula is C20H37N. The van der Waals surface area contributed by atoms with Gasteiger partial charge in [-0.05, 0) is 74.2 Å². The number of nitrogens with one attached hydrogen (secondary N) is 1. The third-order valence-electron chi connectivity index (χ3n) is 6.84. The van der Waals surface area contributed by atoms with Gasteiger partial charge in [0.2, 0.25) is 0 Å². The van der Waals surface area contributed by atoms with Crippen LogP contribution in [0.5, 0.6) is 0 Å². The van der Waals surface area contributed by atoms with E-state index in [0.29, 0.717) is 5.41 Å². The molecule has 1 heteroatoms. The number of rotatable bonds is 5. The molecule has 3 fully saturated rings. The smallest absolute Gasteiger partial charge is 0.00683 e. The molecule has 0 bridgehead atoms. The molecule has 1 N–H and O–H groups in total. The first-order chi connectivity index (χ1) is 10.1. The third-order valence-corrected chi connectivity index (χ3v) is 6.84. The van der Waals surface area contributed by atoms with E-state index < -0.39 is 0 Å². The molecule has 0 aromatic rings. The van der Waals surface area contributed by atoms with Crippen molar-refractivity contribution in [3.8, 4) is 0 Å². The lowest BCUT2D eigenvalue weighted by Gasteiger charge is -2.46. The topological polar surface area (TPSA) is 12.0 Å². The average molecular weight is 292 g/mol. The van der Waals surface area contributed by atoms with E-state index >= 15 is 0 Å². The summed E-state index contributed by atoms with van der Waals surface area (Å²) >= 11 is 0.